The summed E-state index contributed by atoms with van der Waals surface area (Å²) < 4.78 is 11.0. The minimum Gasteiger partial charge on any atom is -0.457 e. The maximum Gasteiger partial charge on any atom is 0.137 e. The van der Waals surface area contributed by atoms with E-state index in [0.717, 1.165) is 58.3 Å². The molecule has 3 aromatic heterocycles. The zero-order valence-corrected chi connectivity index (χ0v) is 27.5. The van der Waals surface area contributed by atoms with Gasteiger partial charge in [0.05, 0.1) is 22.4 Å². The quantitative estimate of drug-likeness (QED) is 0.173. The van der Waals surface area contributed by atoms with E-state index in [4.69, 9.17) is 14.8 Å². The third-order valence-corrected chi connectivity index (χ3v) is 8.89. The van der Waals surface area contributed by atoms with Gasteiger partial charge < -0.3 is 4.74 Å². The number of benzene rings is 4. The SMILES string of the molecule is CCCc1ccc2c(c1)c1ccc(Oc3cc(C(C)C)cc(-n4nc(C)c(-c5ccccc5)c4C)c3)cc1n2-c1cc(C)ccn1. The van der Waals surface area contributed by atoms with E-state index in [0.29, 0.717) is 5.92 Å². The molecule has 7 aromatic rings. The van der Waals surface area contributed by atoms with E-state index in [1.165, 1.54) is 38.6 Å². The molecule has 0 aliphatic heterocycles. The van der Waals surface area contributed by atoms with E-state index in [9.17, 15) is 0 Å². The van der Waals surface area contributed by atoms with Crippen molar-refractivity contribution in [2.45, 2.75) is 60.3 Å². The highest BCUT2D eigenvalue weighted by atomic mass is 16.5. The van der Waals surface area contributed by atoms with E-state index in [1.54, 1.807) is 0 Å². The van der Waals surface area contributed by atoms with Crippen LogP contribution in [0.15, 0.2) is 103 Å². The van der Waals surface area contributed by atoms with Crippen LogP contribution >= 0.6 is 0 Å². The zero-order chi connectivity index (χ0) is 31.9. The molecule has 0 spiro atoms. The molecule has 4 aromatic carbocycles. The summed E-state index contributed by atoms with van der Waals surface area (Å²) >= 11 is 0. The Morgan fingerprint density at radius 2 is 1.59 bits per heavy atom. The molecular weight excluding hydrogens is 564 g/mol. The van der Waals surface area contributed by atoms with Gasteiger partial charge in [0.2, 0.25) is 0 Å². The fourth-order valence-corrected chi connectivity index (χ4v) is 6.62. The lowest BCUT2D eigenvalue weighted by atomic mass is 10.0. The molecule has 46 heavy (non-hydrogen) atoms. The van der Waals surface area contributed by atoms with Crippen LogP contribution in [0.4, 0.5) is 0 Å². The van der Waals surface area contributed by atoms with Gasteiger partial charge in [-0.15, -0.1) is 0 Å². The molecule has 0 aliphatic carbocycles. The average Bonchev–Trinajstić information content (AvgIpc) is 3.53. The summed E-state index contributed by atoms with van der Waals surface area (Å²) in [5.74, 6) is 2.80. The monoisotopic (exact) mass is 604 g/mol. The third-order valence-electron chi connectivity index (χ3n) is 8.89. The van der Waals surface area contributed by atoms with E-state index in [1.807, 2.05) is 18.3 Å². The van der Waals surface area contributed by atoms with Crippen molar-refractivity contribution in [3.8, 4) is 34.1 Å². The van der Waals surface area contributed by atoms with Gasteiger partial charge in [-0.25, -0.2) is 9.67 Å². The van der Waals surface area contributed by atoms with Crippen molar-refractivity contribution in [2.24, 2.45) is 0 Å². The van der Waals surface area contributed by atoms with Crippen molar-refractivity contribution in [1.29, 1.82) is 0 Å². The van der Waals surface area contributed by atoms with Gasteiger partial charge in [0.15, 0.2) is 0 Å². The third kappa shape index (κ3) is 5.36. The topological polar surface area (TPSA) is 44.9 Å². The molecule has 0 unspecified atom stereocenters. The number of hydrogen-bond acceptors (Lipinski definition) is 3. The lowest BCUT2D eigenvalue weighted by Gasteiger charge is -2.15. The molecule has 5 heteroatoms. The Morgan fingerprint density at radius 1 is 0.761 bits per heavy atom. The van der Waals surface area contributed by atoms with Crippen molar-refractivity contribution in [1.82, 2.24) is 19.3 Å². The number of nitrogens with zero attached hydrogens (tertiary/aromatic N) is 4. The molecule has 230 valence electrons. The second-order valence-corrected chi connectivity index (χ2v) is 12.6. The Bertz CT molecular complexity index is 2200. The number of aromatic nitrogens is 4. The molecule has 0 amide bonds. The van der Waals surface area contributed by atoms with Gasteiger partial charge in [-0.3, -0.25) is 4.57 Å². The molecule has 0 N–H and O–H groups in total. The highest BCUT2D eigenvalue weighted by Gasteiger charge is 2.18. The largest absolute Gasteiger partial charge is 0.457 e. The minimum absolute atomic E-state index is 0.322. The van der Waals surface area contributed by atoms with Crippen LogP contribution in [0.25, 0.3) is 44.4 Å². The summed E-state index contributed by atoms with van der Waals surface area (Å²) in [5, 5.41) is 7.42. The van der Waals surface area contributed by atoms with Crippen molar-refractivity contribution < 1.29 is 4.74 Å². The Labute approximate surface area is 271 Å². The standard InChI is InChI=1S/C41H40N4O/c1-7-11-30-14-17-38-37(21-30)36-16-15-34(25-39(36)44(38)40-20-27(4)18-19-42-40)46-35-23-32(26(2)3)22-33(24-35)45-29(6)41(28(5)43-45)31-12-9-8-10-13-31/h8-10,12-26H,7,11H2,1-6H3. The van der Waals surface area contributed by atoms with Gasteiger partial charge in [0, 0.05) is 40.4 Å². The minimum atomic E-state index is 0.322. The Balaban J connectivity index is 1.34. The molecule has 0 saturated carbocycles. The van der Waals surface area contributed by atoms with Gasteiger partial charge in [-0.05, 0) is 104 Å². The van der Waals surface area contributed by atoms with Gasteiger partial charge in [-0.2, -0.15) is 5.10 Å². The van der Waals surface area contributed by atoms with Gasteiger partial charge >= 0.3 is 0 Å². The van der Waals surface area contributed by atoms with E-state index >= 15 is 0 Å². The second-order valence-electron chi connectivity index (χ2n) is 12.6. The highest BCUT2D eigenvalue weighted by Crippen LogP contribution is 2.37. The predicted octanol–water partition coefficient (Wildman–Crippen LogP) is 10.8. The van der Waals surface area contributed by atoms with Crippen LogP contribution in [-0.2, 0) is 6.42 Å². The zero-order valence-electron chi connectivity index (χ0n) is 27.5. The molecule has 0 fully saturated rings. The molecule has 0 aliphatic rings. The molecule has 0 bridgehead atoms. The lowest BCUT2D eigenvalue weighted by molar-refractivity contribution is 0.481. The highest BCUT2D eigenvalue weighted by molar-refractivity contribution is 6.09. The van der Waals surface area contributed by atoms with Crippen molar-refractivity contribution in [2.75, 3.05) is 0 Å². The van der Waals surface area contributed by atoms with Gasteiger partial charge in [0.25, 0.3) is 0 Å². The first-order chi connectivity index (χ1) is 22.3. The summed E-state index contributed by atoms with van der Waals surface area (Å²) in [6, 6.07) is 34.4. The summed E-state index contributed by atoms with van der Waals surface area (Å²) in [4.78, 5) is 4.78. The fourth-order valence-electron chi connectivity index (χ4n) is 6.62. The summed E-state index contributed by atoms with van der Waals surface area (Å²) in [6.07, 6.45) is 4.06. The van der Waals surface area contributed by atoms with Crippen LogP contribution in [-0.4, -0.2) is 19.3 Å². The number of fused-ring (bicyclic) bond motifs is 3. The van der Waals surface area contributed by atoms with Crippen LogP contribution in [0.2, 0.25) is 0 Å². The number of hydrogen-bond donors (Lipinski definition) is 0. The number of rotatable bonds is 8. The van der Waals surface area contributed by atoms with E-state index in [2.05, 4.69) is 136 Å². The number of aryl methyl sites for hydroxylation is 3. The average molecular weight is 605 g/mol. The maximum absolute atomic E-state index is 6.70. The molecule has 5 nitrogen and oxygen atoms in total. The molecule has 7 rings (SSSR count). The summed E-state index contributed by atoms with van der Waals surface area (Å²) in [6.45, 7) is 13.0. The van der Waals surface area contributed by atoms with Gasteiger partial charge in [-0.1, -0.05) is 63.6 Å². The lowest BCUT2D eigenvalue weighted by Crippen LogP contribution is -2.02. The first-order valence-electron chi connectivity index (χ1n) is 16.3. The first-order valence-corrected chi connectivity index (χ1v) is 16.3. The first kappa shape index (κ1) is 29.5. The van der Waals surface area contributed by atoms with Crippen molar-refractivity contribution >= 4 is 21.8 Å². The molecule has 3 heterocycles. The Morgan fingerprint density at radius 3 is 2.35 bits per heavy atom. The van der Waals surface area contributed by atoms with Crippen LogP contribution < -0.4 is 4.74 Å². The molecular formula is C41H40N4O. The van der Waals surface area contributed by atoms with Gasteiger partial charge in [0.1, 0.15) is 17.3 Å². The predicted molar refractivity (Wildman–Crippen MR) is 190 cm³/mol. The number of pyridine rings is 1. The second kappa shape index (κ2) is 12.0. The maximum atomic E-state index is 6.70. The fraction of sp³-hybridized carbons (Fsp3) is 0.220. The van der Waals surface area contributed by atoms with Crippen LogP contribution in [0, 0.1) is 20.8 Å². The normalized spacial score (nSPS) is 11.6. The molecule has 0 saturated heterocycles. The van der Waals surface area contributed by atoms with E-state index in [-0.39, 0.29) is 0 Å². The summed E-state index contributed by atoms with van der Waals surface area (Å²) in [7, 11) is 0. The Kier molecular flexibility index (Phi) is 7.69. The molecule has 0 atom stereocenters. The van der Waals surface area contributed by atoms with Crippen molar-refractivity contribution in [3.63, 3.8) is 0 Å². The van der Waals surface area contributed by atoms with E-state index < -0.39 is 0 Å². The Hall–Kier alpha value is -5.16. The number of ether oxygens (including phenoxy) is 1. The van der Waals surface area contributed by atoms with Crippen LogP contribution in [0.5, 0.6) is 11.5 Å². The van der Waals surface area contributed by atoms with Crippen LogP contribution in [0.1, 0.15) is 61.2 Å². The smallest absolute Gasteiger partial charge is 0.137 e. The summed E-state index contributed by atoms with van der Waals surface area (Å²) in [5.41, 5.74) is 11.4. The van der Waals surface area contributed by atoms with Crippen LogP contribution in [0.3, 0.4) is 0 Å². The van der Waals surface area contributed by atoms with Crippen molar-refractivity contribution in [3.05, 3.63) is 131 Å². The molecule has 0 radical (unpaired) electrons.